The maximum absolute atomic E-state index is 14.3. The van der Waals surface area contributed by atoms with Crippen molar-refractivity contribution in [2.75, 3.05) is 48.5 Å². The third kappa shape index (κ3) is 7.05. The second kappa shape index (κ2) is 14.9. The van der Waals surface area contributed by atoms with Gasteiger partial charge in [-0.25, -0.2) is 13.6 Å². The number of benzene rings is 5. The Balaban J connectivity index is 1.36. The molecule has 0 fully saturated rings. The van der Waals surface area contributed by atoms with E-state index in [0.29, 0.717) is 47.7 Å². The largest absolute Gasteiger partial charge is 0.493 e. The summed E-state index contributed by atoms with van der Waals surface area (Å²) in [5.41, 5.74) is 5.76. The van der Waals surface area contributed by atoms with Crippen molar-refractivity contribution in [1.29, 1.82) is 0 Å². The van der Waals surface area contributed by atoms with Crippen LogP contribution >= 0.6 is 0 Å². The van der Waals surface area contributed by atoms with E-state index in [1.807, 2.05) is 55.6 Å². The standard InChI is InChI=1S/C44H42F2N2O7/c1-47-14-12-27-21-37(51-4)39-24-33(27)34(47)16-25-6-9-32(10-7-25)53-38-18-26(8-11-36(38)50-3)17-35-41-28(13-15-48(35)2)22-40(52-5)42(43(41)54-39)55-44(49)29-19-30(45)23-31(46)20-29/h6-11,18-24,34-35H,12-17H2,1-5H3/t34-,35-/m0/s1. The predicted octanol–water partition coefficient (Wildman–Crippen LogP) is 8.65. The molecule has 55 heavy (non-hydrogen) atoms. The van der Waals surface area contributed by atoms with Crippen LogP contribution in [-0.4, -0.2) is 64.3 Å². The number of nitrogens with zero attached hydrogens (tertiary/aromatic N) is 2. The van der Waals surface area contributed by atoms with Crippen molar-refractivity contribution < 1.29 is 42.0 Å². The maximum Gasteiger partial charge on any atom is 0.344 e. The van der Waals surface area contributed by atoms with Crippen LogP contribution in [0.25, 0.3) is 0 Å². The molecule has 5 aromatic carbocycles. The number of likely N-dealkylation sites (N-methyl/N-ethyl adjacent to an activating group) is 2. The molecule has 0 N–H and O–H groups in total. The van der Waals surface area contributed by atoms with Gasteiger partial charge in [0.25, 0.3) is 0 Å². The monoisotopic (exact) mass is 748 g/mol. The quantitative estimate of drug-likeness (QED) is 0.130. The van der Waals surface area contributed by atoms with Gasteiger partial charge in [-0.2, -0.15) is 0 Å². The molecule has 0 unspecified atom stereocenters. The molecule has 6 bridgehead atoms. The summed E-state index contributed by atoms with van der Waals surface area (Å²) in [6.45, 7) is 1.58. The first-order valence-electron chi connectivity index (χ1n) is 18.3. The van der Waals surface area contributed by atoms with Gasteiger partial charge in [0.15, 0.2) is 34.5 Å². The van der Waals surface area contributed by atoms with E-state index in [1.165, 1.54) is 7.11 Å². The van der Waals surface area contributed by atoms with Crippen LogP contribution in [0.2, 0.25) is 0 Å². The molecule has 9 nitrogen and oxygen atoms in total. The first-order valence-corrected chi connectivity index (χ1v) is 18.3. The van der Waals surface area contributed by atoms with E-state index < -0.39 is 17.6 Å². The Kier molecular flexibility index (Phi) is 9.83. The zero-order valence-electron chi connectivity index (χ0n) is 31.4. The summed E-state index contributed by atoms with van der Waals surface area (Å²) in [5, 5.41) is 0. The number of carbonyl (C=O) groups excluding carboxylic acids is 1. The molecular formula is C44H42F2N2O7. The van der Waals surface area contributed by atoms with Crippen molar-refractivity contribution in [2.45, 2.75) is 37.8 Å². The van der Waals surface area contributed by atoms with Gasteiger partial charge in [0.1, 0.15) is 17.4 Å². The molecule has 4 heterocycles. The van der Waals surface area contributed by atoms with E-state index in [4.69, 9.17) is 28.4 Å². The van der Waals surface area contributed by atoms with Crippen molar-refractivity contribution in [2.24, 2.45) is 0 Å². The molecule has 0 spiro atoms. The van der Waals surface area contributed by atoms with Gasteiger partial charge < -0.3 is 28.4 Å². The van der Waals surface area contributed by atoms with E-state index in [2.05, 4.69) is 29.0 Å². The molecular weight excluding hydrogens is 706 g/mol. The number of esters is 1. The molecule has 11 heteroatoms. The fourth-order valence-electron chi connectivity index (χ4n) is 8.00. The second-order valence-corrected chi connectivity index (χ2v) is 14.3. The van der Waals surface area contributed by atoms with Gasteiger partial charge in [0.2, 0.25) is 5.75 Å². The van der Waals surface area contributed by atoms with Crippen LogP contribution in [0.3, 0.4) is 0 Å². The summed E-state index contributed by atoms with van der Waals surface area (Å²) in [5.74, 6) is 0.490. The van der Waals surface area contributed by atoms with Gasteiger partial charge in [0.05, 0.1) is 26.9 Å². The van der Waals surface area contributed by atoms with Crippen LogP contribution < -0.4 is 28.4 Å². The first-order chi connectivity index (χ1) is 26.6. The Morgan fingerprint density at radius 2 is 1.29 bits per heavy atom. The van der Waals surface area contributed by atoms with E-state index in [1.54, 1.807) is 14.2 Å². The Morgan fingerprint density at radius 1 is 0.673 bits per heavy atom. The number of halogens is 2. The van der Waals surface area contributed by atoms with Crippen LogP contribution in [0.1, 0.15) is 55.8 Å². The topological polar surface area (TPSA) is 78.9 Å². The fraction of sp³-hybridized carbons (Fsp3) is 0.295. The zero-order chi connectivity index (χ0) is 38.4. The van der Waals surface area contributed by atoms with Gasteiger partial charge in [-0.15, -0.1) is 0 Å². The highest BCUT2D eigenvalue weighted by molar-refractivity contribution is 5.92. The lowest BCUT2D eigenvalue weighted by molar-refractivity contribution is 0.0722. The summed E-state index contributed by atoms with van der Waals surface area (Å²) in [6, 6.07) is 22.2. The molecule has 284 valence electrons. The summed E-state index contributed by atoms with van der Waals surface area (Å²) in [4.78, 5) is 18.3. The minimum absolute atomic E-state index is 0.0118. The number of rotatable bonds is 5. The summed E-state index contributed by atoms with van der Waals surface area (Å²) in [6.07, 6.45) is 2.71. The molecule has 0 amide bonds. The van der Waals surface area contributed by atoms with E-state index in [-0.39, 0.29) is 34.9 Å². The zero-order valence-corrected chi connectivity index (χ0v) is 31.4. The van der Waals surface area contributed by atoms with Crippen LogP contribution in [0.15, 0.2) is 78.9 Å². The smallest absolute Gasteiger partial charge is 0.344 e. The normalized spacial score (nSPS) is 17.9. The second-order valence-electron chi connectivity index (χ2n) is 14.3. The molecule has 5 aromatic rings. The SMILES string of the molecule is COc1ccc2cc1Oc1ccc(cc1)C[C@H]1c3cc(c(OC)cc3CCN1C)Oc1c(OC(=O)c3cc(F)cc(F)c3)c(OC)cc3c1[C@H](C2)N(C)CC3. The average molecular weight is 749 g/mol. The summed E-state index contributed by atoms with van der Waals surface area (Å²) >= 11 is 0. The molecule has 0 aliphatic carbocycles. The summed E-state index contributed by atoms with van der Waals surface area (Å²) in [7, 11) is 8.85. The molecule has 4 aliphatic heterocycles. The number of methoxy groups -OCH3 is 3. The minimum Gasteiger partial charge on any atom is -0.493 e. The van der Waals surface area contributed by atoms with E-state index in [9.17, 15) is 13.6 Å². The number of carbonyl (C=O) groups is 1. The average Bonchev–Trinajstić information content (AvgIpc) is 3.17. The Labute approximate surface area is 318 Å². The van der Waals surface area contributed by atoms with Gasteiger partial charge in [-0.1, -0.05) is 18.2 Å². The van der Waals surface area contributed by atoms with Crippen molar-refractivity contribution in [3.63, 3.8) is 0 Å². The number of ether oxygens (including phenoxy) is 6. The highest BCUT2D eigenvalue weighted by Gasteiger charge is 2.36. The van der Waals surface area contributed by atoms with Crippen molar-refractivity contribution in [1.82, 2.24) is 9.80 Å². The molecule has 2 atom stereocenters. The molecule has 4 aliphatic rings. The van der Waals surface area contributed by atoms with Gasteiger partial charge in [-0.05, 0) is 122 Å². The third-order valence-electron chi connectivity index (χ3n) is 10.9. The number of fused-ring (bicyclic) bond motifs is 2. The molecule has 0 aromatic heterocycles. The molecule has 0 saturated carbocycles. The van der Waals surface area contributed by atoms with Crippen LogP contribution in [0.5, 0.6) is 46.0 Å². The van der Waals surface area contributed by atoms with Gasteiger partial charge >= 0.3 is 5.97 Å². The Morgan fingerprint density at radius 3 is 2.00 bits per heavy atom. The minimum atomic E-state index is -0.974. The van der Waals surface area contributed by atoms with Crippen molar-refractivity contribution in [3.05, 3.63) is 129 Å². The number of hydrogen-bond donors (Lipinski definition) is 0. The van der Waals surface area contributed by atoms with Crippen LogP contribution in [0, 0.1) is 11.6 Å². The Hall–Kier alpha value is -5.65. The lowest BCUT2D eigenvalue weighted by Crippen LogP contribution is -2.34. The van der Waals surface area contributed by atoms with Gasteiger partial charge in [0, 0.05) is 36.8 Å². The first kappa shape index (κ1) is 36.3. The molecule has 9 rings (SSSR count). The lowest BCUT2D eigenvalue weighted by atomic mass is 9.87. The highest BCUT2D eigenvalue weighted by atomic mass is 19.1. The maximum atomic E-state index is 14.3. The predicted molar refractivity (Wildman–Crippen MR) is 202 cm³/mol. The Bertz CT molecular complexity index is 2260. The van der Waals surface area contributed by atoms with Crippen molar-refractivity contribution in [3.8, 4) is 46.0 Å². The molecule has 0 radical (unpaired) electrons. The molecule has 0 saturated heterocycles. The third-order valence-corrected chi connectivity index (χ3v) is 10.9. The number of hydrogen-bond acceptors (Lipinski definition) is 9. The van der Waals surface area contributed by atoms with Gasteiger partial charge in [-0.3, -0.25) is 9.80 Å². The highest BCUT2D eigenvalue weighted by Crippen LogP contribution is 2.52. The van der Waals surface area contributed by atoms with Crippen molar-refractivity contribution >= 4 is 5.97 Å². The fourth-order valence-corrected chi connectivity index (χ4v) is 8.00. The van der Waals surface area contributed by atoms with Crippen LogP contribution in [-0.2, 0) is 25.7 Å². The van der Waals surface area contributed by atoms with E-state index >= 15 is 0 Å². The lowest BCUT2D eigenvalue weighted by Gasteiger charge is -2.37. The van der Waals surface area contributed by atoms with E-state index in [0.717, 1.165) is 71.4 Å². The van der Waals surface area contributed by atoms with Crippen LogP contribution in [0.4, 0.5) is 8.78 Å². The summed E-state index contributed by atoms with van der Waals surface area (Å²) < 4.78 is 65.7.